The van der Waals surface area contributed by atoms with E-state index < -0.39 is 10.8 Å². The van der Waals surface area contributed by atoms with Crippen molar-refractivity contribution in [1.29, 1.82) is 0 Å². The number of hydrogen-bond donors (Lipinski definition) is 1. The lowest BCUT2D eigenvalue weighted by atomic mass is 10.3. The fraction of sp³-hybridized carbons (Fsp3) is 0.444. The Hall–Kier alpha value is -0.620. The number of rotatable bonds is 1. The molecule has 2 rings (SSSR count). The fourth-order valence-corrected chi connectivity index (χ4v) is 2.90. The maximum atomic E-state index is 11.9. The van der Waals surface area contributed by atoms with Crippen molar-refractivity contribution < 1.29 is 9.00 Å². The minimum absolute atomic E-state index is 0.0163. The van der Waals surface area contributed by atoms with E-state index in [1.807, 2.05) is 0 Å². The lowest BCUT2D eigenvalue weighted by Gasteiger charge is -2.25. The number of amides is 1. The van der Waals surface area contributed by atoms with Gasteiger partial charge in [0.15, 0.2) is 0 Å². The highest BCUT2D eigenvalue weighted by Gasteiger charge is 2.21. The van der Waals surface area contributed by atoms with Crippen molar-refractivity contribution in [3.8, 4) is 0 Å². The number of H-pyrrole nitrogens is 1. The molecule has 1 aliphatic heterocycles. The van der Waals surface area contributed by atoms with Crippen LogP contribution >= 0.6 is 15.9 Å². The van der Waals surface area contributed by atoms with Gasteiger partial charge in [-0.05, 0) is 22.0 Å². The second-order valence-electron chi connectivity index (χ2n) is 3.37. The van der Waals surface area contributed by atoms with Gasteiger partial charge in [-0.25, -0.2) is 0 Å². The Morgan fingerprint density at radius 1 is 1.47 bits per heavy atom. The highest BCUT2D eigenvalue weighted by Crippen LogP contribution is 2.13. The highest BCUT2D eigenvalue weighted by molar-refractivity contribution is 9.10. The second kappa shape index (κ2) is 4.49. The molecule has 1 aromatic rings. The number of nitrogens with one attached hydrogen (secondary N) is 1. The Bertz CT molecular complexity index is 395. The maximum absolute atomic E-state index is 11.9. The zero-order valence-electron chi connectivity index (χ0n) is 8.03. The summed E-state index contributed by atoms with van der Waals surface area (Å²) in [6.45, 7) is 1.17. The molecule has 6 heteroatoms. The lowest BCUT2D eigenvalue weighted by molar-refractivity contribution is 0.0766. The SMILES string of the molecule is O=C(c1cc(Br)c[nH]1)N1CCS(=O)CC1. The summed E-state index contributed by atoms with van der Waals surface area (Å²) < 4.78 is 12.0. The summed E-state index contributed by atoms with van der Waals surface area (Å²) in [5.74, 6) is 1.17. The fourth-order valence-electron chi connectivity index (χ4n) is 1.50. The first kappa shape index (κ1) is 10.9. The Labute approximate surface area is 98.6 Å². The minimum Gasteiger partial charge on any atom is -0.356 e. The molecule has 0 atom stereocenters. The number of hydrogen-bond acceptors (Lipinski definition) is 2. The first-order chi connectivity index (χ1) is 7.16. The normalized spacial score (nSPS) is 18.1. The van der Waals surface area contributed by atoms with E-state index in [2.05, 4.69) is 20.9 Å². The van der Waals surface area contributed by atoms with Crippen molar-refractivity contribution in [3.05, 3.63) is 22.4 Å². The molecule has 1 fully saturated rings. The van der Waals surface area contributed by atoms with Gasteiger partial charge >= 0.3 is 0 Å². The summed E-state index contributed by atoms with van der Waals surface area (Å²) in [4.78, 5) is 16.5. The summed E-state index contributed by atoms with van der Waals surface area (Å²) >= 11 is 3.28. The molecular formula is C9H11BrN2O2S. The molecule has 0 unspecified atom stereocenters. The molecule has 1 N–H and O–H groups in total. The molecule has 1 amide bonds. The highest BCUT2D eigenvalue weighted by atomic mass is 79.9. The number of aromatic amines is 1. The predicted octanol–water partition coefficient (Wildman–Crippen LogP) is 0.982. The van der Waals surface area contributed by atoms with Crippen molar-refractivity contribution in [2.24, 2.45) is 0 Å². The summed E-state index contributed by atoms with van der Waals surface area (Å²) in [5, 5.41) is 0. The number of aromatic nitrogens is 1. The summed E-state index contributed by atoms with van der Waals surface area (Å²) in [6, 6.07) is 1.76. The molecule has 1 aliphatic rings. The molecule has 0 bridgehead atoms. The molecule has 0 saturated carbocycles. The molecule has 0 aromatic carbocycles. The van der Waals surface area contributed by atoms with Gasteiger partial charge in [0.25, 0.3) is 5.91 Å². The van der Waals surface area contributed by atoms with Crippen molar-refractivity contribution in [2.75, 3.05) is 24.6 Å². The van der Waals surface area contributed by atoms with Gasteiger partial charge in [-0.3, -0.25) is 9.00 Å². The third-order valence-corrected chi connectivity index (χ3v) is 4.08. The van der Waals surface area contributed by atoms with Crippen LogP contribution in [-0.4, -0.2) is 44.6 Å². The van der Waals surface area contributed by atoms with Gasteiger partial charge in [-0.15, -0.1) is 0 Å². The second-order valence-corrected chi connectivity index (χ2v) is 5.98. The van der Waals surface area contributed by atoms with Crippen molar-refractivity contribution in [2.45, 2.75) is 0 Å². The van der Waals surface area contributed by atoms with E-state index in [-0.39, 0.29) is 5.91 Å². The van der Waals surface area contributed by atoms with Crippen LogP contribution in [0.25, 0.3) is 0 Å². The summed E-state index contributed by atoms with van der Waals surface area (Å²) in [5.41, 5.74) is 0.578. The Balaban J connectivity index is 2.05. The van der Waals surface area contributed by atoms with E-state index in [4.69, 9.17) is 0 Å². The zero-order chi connectivity index (χ0) is 10.8. The van der Waals surface area contributed by atoms with Crippen LogP contribution in [0.1, 0.15) is 10.5 Å². The first-order valence-corrected chi connectivity index (χ1v) is 6.93. The lowest BCUT2D eigenvalue weighted by Crippen LogP contribution is -2.41. The largest absolute Gasteiger partial charge is 0.356 e. The van der Waals surface area contributed by atoms with Crippen LogP contribution in [0.5, 0.6) is 0 Å². The molecular weight excluding hydrogens is 280 g/mol. The number of halogens is 1. The number of carbonyl (C=O) groups excluding carboxylic acids is 1. The van der Waals surface area contributed by atoms with E-state index in [0.29, 0.717) is 30.3 Å². The molecule has 1 saturated heterocycles. The summed E-state index contributed by atoms with van der Waals surface area (Å²) in [6.07, 6.45) is 1.73. The van der Waals surface area contributed by atoms with Gasteiger partial charge in [0.2, 0.25) is 0 Å². The van der Waals surface area contributed by atoms with Crippen LogP contribution in [0.2, 0.25) is 0 Å². The van der Waals surface area contributed by atoms with Crippen LogP contribution in [0, 0.1) is 0 Å². The number of nitrogens with zero attached hydrogens (tertiary/aromatic N) is 1. The van der Waals surface area contributed by atoms with Gasteiger partial charge < -0.3 is 9.88 Å². The van der Waals surface area contributed by atoms with Crippen LogP contribution < -0.4 is 0 Å². The Morgan fingerprint density at radius 2 is 2.13 bits per heavy atom. The monoisotopic (exact) mass is 290 g/mol. The van der Waals surface area contributed by atoms with E-state index in [1.165, 1.54) is 0 Å². The topological polar surface area (TPSA) is 53.2 Å². The minimum atomic E-state index is -0.742. The van der Waals surface area contributed by atoms with E-state index in [9.17, 15) is 9.00 Å². The van der Waals surface area contributed by atoms with Crippen LogP contribution in [0.4, 0.5) is 0 Å². The van der Waals surface area contributed by atoms with Crippen LogP contribution in [-0.2, 0) is 10.8 Å². The quantitative estimate of drug-likeness (QED) is 0.838. The van der Waals surface area contributed by atoms with E-state index >= 15 is 0 Å². The van der Waals surface area contributed by atoms with Gasteiger partial charge in [-0.1, -0.05) is 0 Å². The third kappa shape index (κ3) is 2.49. The number of carbonyl (C=O) groups is 1. The molecule has 4 nitrogen and oxygen atoms in total. The summed E-state index contributed by atoms with van der Waals surface area (Å²) in [7, 11) is -0.742. The van der Waals surface area contributed by atoms with Crippen molar-refractivity contribution >= 4 is 32.6 Å². The van der Waals surface area contributed by atoms with Gasteiger partial charge in [0, 0.05) is 46.1 Å². The smallest absolute Gasteiger partial charge is 0.270 e. The molecule has 82 valence electrons. The third-order valence-electron chi connectivity index (χ3n) is 2.34. The average Bonchev–Trinajstić information content (AvgIpc) is 2.65. The average molecular weight is 291 g/mol. The Morgan fingerprint density at radius 3 is 2.67 bits per heavy atom. The van der Waals surface area contributed by atoms with Gasteiger partial charge in [0.1, 0.15) is 5.69 Å². The standard InChI is InChI=1S/C9H11BrN2O2S/c10-7-5-8(11-6-7)9(13)12-1-3-15(14)4-2-12/h5-6,11H,1-4H2. The van der Waals surface area contributed by atoms with E-state index in [0.717, 1.165) is 4.47 Å². The molecule has 2 heterocycles. The Kier molecular flexibility index (Phi) is 3.25. The molecule has 0 spiro atoms. The van der Waals surface area contributed by atoms with Crippen LogP contribution in [0.15, 0.2) is 16.7 Å². The molecule has 0 aliphatic carbocycles. The molecule has 15 heavy (non-hydrogen) atoms. The van der Waals surface area contributed by atoms with Crippen molar-refractivity contribution in [1.82, 2.24) is 9.88 Å². The molecule has 1 aromatic heterocycles. The maximum Gasteiger partial charge on any atom is 0.270 e. The molecule has 0 radical (unpaired) electrons. The predicted molar refractivity (Wildman–Crippen MR) is 62.3 cm³/mol. The zero-order valence-corrected chi connectivity index (χ0v) is 10.4. The van der Waals surface area contributed by atoms with Crippen molar-refractivity contribution in [3.63, 3.8) is 0 Å². The first-order valence-electron chi connectivity index (χ1n) is 4.65. The van der Waals surface area contributed by atoms with E-state index in [1.54, 1.807) is 17.2 Å². The van der Waals surface area contributed by atoms with Gasteiger partial charge in [-0.2, -0.15) is 0 Å². The van der Waals surface area contributed by atoms with Crippen LogP contribution in [0.3, 0.4) is 0 Å². The van der Waals surface area contributed by atoms with Gasteiger partial charge in [0.05, 0.1) is 0 Å².